The molecule has 164 valence electrons. The normalized spacial score (nSPS) is 18.7. The molecule has 0 bridgehead atoms. The topological polar surface area (TPSA) is 40.5 Å². The van der Waals surface area contributed by atoms with Crippen LogP contribution in [0, 0.1) is 10.8 Å². The highest BCUT2D eigenvalue weighted by molar-refractivity contribution is 5.45. The van der Waals surface area contributed by atoms with E-state index in [1.807, 2.05) is 0 Å². The summed E-state index contributed by atoms with van der Waals surface area (Å²) in [6.45, 7) is 4.75. The van der Waals surface area contributed by atoms with Gasteiger partial charge in [-0.25, -0.2) is 0 Å². The average molecular weight is 401 g/mol. The van der Waals surface area contributed by atoms with Crippen LogP contribution in [0.5, 0.6) is 11.5 Å². The van der Waals surface area contributed by atoms with Crippen molar-refractivity contribution in [2.75, 3.05) is 0 Å². The van der Waals surface area contributed by atoms with E-state index in [9.17, 15) is 10.2 Å². The fourth-order valence-corrected chi connectivity index (χ4v) is 4.88. The van der Waals surface area contributed by atoms with Crippen LogP contribution in [-0.4, -0.2) is 10.2 Å². The van der Waals surface area contributed by atoms with Gasteiger partial charge in [0.15, 0.2) is 0 Å². The second kappa shape index (κ2) is 10.2. The van der Waals surface area contributed by atoms with Crippen LogP contribution in [0.4, 0.5) is 0 Å². The molecular weight excluding hydrogens is 356 g/mol. The van der Waals surface area contributed by atoms with Crippen LogP contribution >= 0.6 is 0 Å². The molecule has 0 aliphatic heterocycles. The molecule has 3 rings (SSSR count). The summed E-state index contributed by atoms with van der Waals surface area (Å²) in [6.07, 6.45) is 21.9. The zero-order valence-corrected chi connectivity index (χ0v) is 19.1. The number of rotatable bonds is 15. The number of unbranched alkanes of at least 4 members (excludes halogenated alkanes) is 6. The number of benzene rings is 1. The van der Waals surface area contributed by atoms with Gasteiger partial charge in [0.2, 0.25) is 0 Å². The molecule has 1 aromatic carbocycles. The zero-order valence-electron chi connectivity index (χ0n) is 19.1. The predicted octanol–water partition coefficient (Wildman–Crippen LogP) is 8.07. The van der Waals surface area contributed by atoms with Crippen LogP contribution in [0.3, 0.4) is 0 Å². The highest BCUT2D eigenvalue weighted by atomic mass is 16.3. The lowest BCUT2D eigenvalue weighted by Crippen LogP contribution is -1.97. The van der Waals surface area contributed by atoms with E-state index in [2.05, 4.69) is 19.9 Å². The highest BCUT2D eigenvalue weighted by Crippen LogP contribution is 2.52. The van der Waals surface area contributed by atoms with E-state index in [0.717, 1.165) is 42.2 Å². The number of phenols is 2. The van der Waals surface area contributed by atoms with Crippen molar-refractivity contribution in [1.29, 1.82) is 0 Å². The highest BCUT2D eigenvalue weighted by Gasteiger charge is 2.39. The van der Waals surface area contributed by atoms with Crippen molar-refractivity contribution in [1.82, 2.24) is 0 Å². The van der Waals surface area contributed by atoms with E-state index in [4.69, 9.17) is 0 Å². The van der Waals surface area contributed by atoms with Gasteiger partial charge in [-0.3, -0.25) is 0 Å². The van der Waals surface area contributed by atoms with Gasteiger partial charge in [-0.15, -0.1) is 0 Å². The predicted molar refractivity (Wildman–Crippen MR) is 123 cm³/mol. The summed E-state index contributed by atoms with van der Waals surface area (Å²) < 4.78 is 0. The average Bonchev–Trinajstić information content (AvgIpc) is 3.62. The number of aryl methyl sites for hydroxylation is 2. The number of aromatic hydroxyl groups is 2. The molecule has 2 fully saturated rings. The van der Waals surface area contributed by atoms with Crippen LogP contribution in [-0.2, 0) is 12.8 Å². The molecule has 0 spiro atoms. The maximum absolute atomic E-state index is 10.2. The Balaban J connectivity index is 1.32. The SMILES string of the molecule is CCC1(CCCCCCc2cc(CCCCCCC3(C)CC3)c(O)cc2O)CC1. The van der Waals surface area contributed by atoms with Gasteiger partial charge in [0.05, 0.1) is 0 Å². The van der Waals surface area contributed by atoms with Crippen molar-refractivity contribution >= 4 is 0 Å². The Kier molecular flexibility index (Phi) is 7.93. The lowest BCUT2D eigenvalue weighted by atomic mass is 9.94. The largest absolute Gasteiger partial charge is 0.508 e. The van der Waals surface area contributed by atoms with Gasteiger partial charge in [-0.2, -0.15) is 0 Å². The Bertz CT molecular complexity index is 640. The van der Waals surface area contributed by atoms with Crippen molar-refractivity contribution in [3.05, 3.63) is 23.3 Å². The Hall–Kier alpha value is -1.18. The zero-order chi connectivity index (χ0) is 20.7. The van der Waals surface area contributed by atoms with Gasteiger partial charge in [0.25, 0.3) is 0 Å². The fraction of sp³-hybridized carbons (Fsp3) is 0.778. The molecule has 2 heteroatoms. The van der Waals surface area contributed by atoms with Gasteiger partial charge < -0.3 is 10.2 Å². The molecule has 0 unspecified atom stereocenters. The minimum absolute atomic E-state index is 0.269. The summed E-state index contributed by atoms with van der Waals surface area (Å²) in [4.78, 5) is 0. The molecule has 29 heavy (non-hydrogen) atoms. The van der Waals surface area contributed by atoms with Crippen molar-refractivity contribution in [3.8, 4) is 11.5 Å². The summed E-state index contributed by atoms with van der Waals surface area (Å²) in [5, 5.41) is 20.4. The summed E-state index contributed by atoms with van der Waals surface area (Å²) in [6, 6.07) is 3.63. The summed E-state index contributed by atoms with van der Waals surface area (Å²) >= 11 is 0. The molecular formula is C27H44O2. The molecule has 0 amide bonds. The first-order chi connectivity index (χ1) is 14.0. The molecule has 0 saturated heterocycles. The molecule has 0 radical (unpaired) electrons. The fourth-order valence-electron chi connectivity index (χ4n) is 4.88. The van der Waals surface area contributed by atoms with Crippen molar-refractivity contribution in [2.24, 2.45) is 10.8 Å². The van der Waals surface area contributed by atoms with E-state index in [1.165, 1.54) is 83.5 Å². The Morgan fingerprint density at radius 3 is 1.69 bits per heavy atom. The molecule has 2 N–H and O–H groups in total. The van der Waals surface area contributed by atoms with E-state index in [0.29, 0.717) is 5.41 Å². The third-order valence-corrected chi connectivity index (χ3v) is 7.97. The van der Waals surface area contributed by atoms with E-state index >= 15 is 0 Å². The van der Waals surface area contributed by atoms with Gasteiger partial charge in [0.1, 0.15) is 11.5 Å². The van der Waals surface area contributed by atoms with Crippen LogP contribution in [0.2, 0.25) is 0 Å². The van der Waals surface area contributed by atoms with Crippen molar-refractivity contribution in [3.63, 3.8) is 0 Å². The lowest BCUT2D eigenvalue weighted by Gasteiger charge is -2.12. The smallest absolute Gasteiger partial charge is 0.122 e. The second-order valence-corrected chi connectivity index (χ2v) is 10.6. The molecule has 0 aromatic heterocycles. The van der Waals surface area contributed by atoms with Crippen molar-refractivity contribution < 1.29 is 10.2 Å². The van der Waals surface area contributed by atoms with E-state index < -0.39 is 0 Å². The molecule has 2 aliphatic carbocycles. The van der Waals surface area contributed by atoms with Crippen LogP contribution in [0.25, 0.3) is 0 Å². The van der Waals surface area contributed by atoms with Gasteiger partial charge in [-0.05, 0) is 92.2 Å². The quantitative estimate of drug-likeness (QED) is 0.292. The molecule has 2 saturated carbocycles. The molecule has 2 nitrogen and oxygen atoms in total. The van der Waals surface area contributed by atoms with Gasteiger partial charge in [-0.1, -0.05) is 58.8 Å². The molecule has 1 aromatic rings. The third kappa shape index (κ3) is 7.23. The number of hydrogen-bond acceptors (Lipinski definition) is 2. The van der Waals surface area contributed by atoms with Crippen LogP contribution in [0.15, 0.2) is 12.1 Å². The maximum atomic E-state index is 10.2. The Morgan fingerprint density at radius 2 is 1.21 bits per heavy atom. The first-order valence-electron chi connectivity index (χ1n) is 12.5. The first kappa shape index (κ1) is 22.5. The van der Waals surface area contributed by atoms with E-state index in [1.54, 1.807) is 6.07 Å². The molecule has 0 atom stereocenters. The maximum Gasteiger partial charge on any atom is 0.122 e. The summed E-state index contributed by atoms with van der Waals surface area (Å²) in [5.74, 6) is 0.540. The minimum atomic E-state index is 0.269. The summed E-state index contributed by atoms with van der Waals surface area (Å²) in [5.41, 5.74) is 3.44. The Labute approximate surface area is 179 Å². The molecule has 0 heterocycles. The second-order valence-electron chi connectivity index (χ2n) is 10.6. The molecule has 2 aliphatic rings. The monoisotopic (exact) mass is 400 g/mol. The number of hydrogen-bond donors (Lipinski definition) is 2. The van der Waals surface area contributed by atoms with Crippen LogP contribution < -0.4 is 0 Å². The van der Waals surface area contributed by atoms with Gasteiger partial charge >= 0.3 is 0 Å². The lowest BCUT2D eigenvalue weighted by molar-refractivity contribution is 0.419. The minimum Gasteiger partial charge on any atom is -0.508 e. The Morgan fingerprint density at radius 1 is 0.690 bits per heavy atom. The van der Waals surface area contributed by atoms with Crippen molar-refractivity contribution in [2.45, 2.75) is 123 Å². The standard InChI is InChI=1S/C27H44O2/c1-3-27(18-19-27)15-11-7-5-9-13-23-20-22(24(28)21-25(23)29)12-8-4-6-10-14-26(2)16-17-26/h20-21,28-29H,3-19H2,1-2H3. The van der Waals surface area contributed by atoms with Gasteiger partial charge in [0, 0.05) is 6.07 Å². The summed E-state index contributed by atoms with van der Waals surface area (Å²) in [7, 11) is 0. The van der Waals surface area contributed by atoms with E-state index in [-0.39, 0.29) is 11.5 Å². The third-order valence-electron chi connectivity index (χ3n) is 7.97. The number of phenolic OH excluding ortho intramolecular Hbond substituents is 2. The first-order valence-corrected chi connectivity index (χ1v) is 12.5. The van der Waals surface area contributed by atoms with Crippen LogP contribution in [0.1, 0.15) is 121 Å².